The van der Waals surface area contributed by atoms with Crippen molar-refractivity contribution in [2.75, 3.05) is 0 Å². The zero-order valence-electron chi connectivity index (χ0n) is 8.16. The van der Waals surface area contributed by atoms with Gasteiger partial charge in [0.15, 0.2) is 0 Å². The van der Waals surface area contributed by atoms with Crippen LogP contribution < -0.4 is 5.73 Å². The molecule has 0 unspecified atom stereocenters. The van der Waals surface area contributed by atoms with Gasteiger partial charge in [0, 0.05) is 12.1 Å². The molecule has 0 saturated heterocycles. The van der Waals surface area contributed by atoms with Crippen molar-refractivity contribution in [1.29, 1.82) is 0 Å². The van der Waals surface area contributed by atoms with Crippen molar-refractivity contribution in [3.05, 3.63) is 29.0 Å². The molecule has 0 aliphatic heterocycles. The van der Waals surface area contributed by atoms with Crippen molar-refractivity contribution in [3.8, 4) is 0 Å². The second-order valence-electron chi connectivity index (χ2n) is 3.45. The van der Waals surface area contributed by atoms with Crippen molar-refractivity contribution < 1.29 is 0 Å². The predicted octanol–water partition coefficient (Wildman–Crippen LogP) is 2.25. The van der Waals surface area contributed by atoms with E-state index in [1.165, 1.54) is 0 Å². The van der Waals surface area contributed by atoms with Crippen LogP contribution >= 0.6 is 11.6 Å². The third kappa shape index (κ3) is 1.38. The Labute approximate surface area is 87.5 Å². The Morgan fingerprint density at radius 2 is 2.21 bits per heavy atom. The van der Waals surface area contributed by atoms with Crippen LogP contribution in [0.5, 0.6) is 0 Å². The summed E-state index contributed by atoms with van der Waals surface area (Å²) >= 11 is 5.91. The Morgan fingerprint density at radius 3 is 2.86 bits per heavy atom. The maximum Gasteiger partial charge on any atom is 0.126 e. The number of fused-ring (bicyclic) bond motifs is 1. The minimum atomic E-state index is -0.0637. The molecule has 0 amide bonds. The molecule has 0 radical (unpaired) electrons. The molecule has 3 nitrogen and oxygen atoms in total. The second kappa shape index (κ2) is 3.26. The van der Waals surface area contributed by atoms with Crippen LogP contribution in [0.15, 0.2) is 18.2 Å². The van der Waals surface area contributed by atoms with Gasteiger partial charge in [-0.15, -0.1) is 0 Å². The van der Waals surface area contributed by atoms with E-state index in [1.54, 1.807) is 0 Å². The number of nitrogens with zero attached hydrogens (tertiary/aromatic N) is 2. The van der Waals surface area contributed by atoms with Gasteiger partial charge in [0.25, 0.3) is 0 Å². The van der Waals surface area contributed by atoms with Crippen molar-refractivity contribution in [2.45, 2.75) is 13.0 Å². The number of imidazole rings is 1. The van der Waals surface area contributed by atoms with E-state index in [4.69, 9.17) is 17.3 Å². The first-order valence-electron chi connectivity index (χ1n) is 4.47. The fourth-order valence-corrected chi connectivity index (χ4v) is 1.76. The van der Waals surface area contributed by atoms with E-state index >= 15 is 0 Å². The highest BCUT2D eigenvalue weighted by Crippen LogP contribution is 2.21. The van der Waals surface area contributed by atoms with Gasteiger partial charge >= 0.3 is 0 Å². The number of nitrogens with two attached hydrogens (primary N) is 1. The molecular formula is C10H12ClN3. The van der Waals surface area contributed by atoms with Crippen LogP contribution in [0.4, 0.5) is 0 Å². The molecule has 0 saturated carbocycles. The molecule has 2 N–H and O–H groups in total. The zero-order valence-corrected chi connectivity index (χ0v) is 8.92. The Bertz CT molecular complexity index is 473. The number of hydrogen-bond donors (Lipinski definition) is 1. The first kappa shape index (κ1) is 9.49. The maximum atomic E-state index is 5.91. The standard InChI is InChI=1S/C10H12ClN3/c1-6(12)10-13-8-4-3-7(11)5-9(8)14(10)2/h3-6H,12H2,1-2H3/t6-/m0/s1. The van der Waals surface area contributed by atoms with Gasteiger partial charge in [-0.3, -0.25) is 0 Å². The molecule has 0 aliphatic carbocycles. The van der Waals surface area contributed by atoms with Crippen molar-refractivity contribution in [1.82, 2.24) is 9.55 Å². The lowest BCUT2D eigenvalue weighted by Gasteiger charge is -2.04. The van der Waals surface area contributed by atoms with Crippen molar-refractivity contribution >= 4 is 22.6 Å². The van der Waals surface area contributed by atoms with E-state index in [0.29, 0.717) is 0 Å². The summed E-state index contributed by atoms with van der Waals surface area (Å²) in [6.45, 7) is 1.92. The topological polar surface area (TPSA) is 43.8 Å². The molecule has 0 aliphatic rings. The van der Waals surface area contributed by atoms with Gasteiger partial charge in [0.05, 0.1) is 17.1 Å². The minimum Gasteiger partial charge on any atom is -0.330 e. The molecule has 1 atom stereocenters. The van der Waals surface area contributed by atoms with E-state index in [2.05, 4.69) is 4.98 Å². The zero-order chi connectivity index (χ0) is 10.3. The van der Waals surface area contributed by atoms with Crippen LogP contribution in [-0.2, 0) is 7.05 Å². The average Bonchev–Trinajstić information content (AvgIpc) is 2.44. The third-order valence-electron chi connectivity index (χ3n) is 2.28. The highest BCUT2D eigenvalue weighted by molar-refractivity contribution is 6.31. The second-order valence-corrected chi connectivity index (χ2v) is 3.89. The molecule has 2 rings (SSSR count). The lowest BCUT2D eigenvalue weighted by atomic mass is 10.3. The van der Waals surface area contributed by atoms with Gasteiger partial charge in [-0.25, -0.2) is 4.98 Å². The van der Waals surface area contributed by atoms with E-state index in [0.717, 1.165) is 21.9 Å². The van der Waals surface area contributed by atoms with Crippen LogP contribution in [0.2, 0.25) is 5.02 Å². The number of aromatic nitrogens is 2. The van der Waals surface area contributed by atoms with Crippen LogP contribution in [-0.4, -0.2) is 9.55 Å². The lowest BCUT2D eigenvalue weighted by Crippen LogP contribution is -2.11. The monoisotopic (exact) mass is 209 g/mol. The van der Waals surface area contributed by atoms with Gasteiger partial charge in [0.2, 0.25) is 0 Å². The SMILES string of the molecule is C[C@H](N)c1nc2ccc(Cl)cc2n1C. The molecular weight excluding hydrogens is 198 g/mol. The van der Waals surface area contributed by atoms with E-state index in [9.17, 15) is 0 Å². The number of aryl methyl sites for hydroxylation is 1. The van der Waals surface area contributed by atoms with Gasteiger partial charge in [-0.1, -0.05) is 11.6 Å². The van der Waals surface area contributed by atoms with E-state index in [1.807, 2.05) is 36.7 Å². The average molecular weight is 210 g/mol. The molecule has 0 fully saturated rings. The number of rotatable bonds is 1. The largest absolute Gasteiger partial charge is 0.330 e. The Morgan fingerprint density at radius 1 is 1.50 bits per heavy atom. The van der Waals surface area contributed by atoms with Crippen LogP contribution in [0.3, 0.4) is 0 Å². The summed E-state index contributed by atoms with van der Waals surface area (Å²) in [5.41, 5.74) is 7.75. The number of halogens is 1. The number of hydrogen-bond acceptors (Lipinski definition) is 2. The van der Waals surface area contributed by atoms with Crippen molar-refractivity contribution in [2.24, 2.45) is 12.8 Å². The number of benzene rings is 1. The minimum absolute atomic E-state index is 0.0637. The van der Waals surface area contributed by atoms with Crippen LogP contribution in [0.1, 0.15) is 18.8 Å². The summed E-state index contributed by atoms with van der Waals surface area (Å²) in [5, 5.41) is 0.719. The lowest BCUT2D eigenvalue weighted by molar-refractivity contribution is 0.696. The summed E-state index contributed by atoms with van der Waals surface area (Å²) in [6, 6.07) is 5.58. The van der Waals surface area contributed by atoms with Gasteiger partial charge < -0.3 is 10.3 Å². The Kier molecular flexibility index (Phi) is 2.21. The molecule has 4 heteroatoms. The fourth-order valence-electron chi connectivity index (χ4n) is 1.59. The Balaban J connectivity index is 2.74. The maximum absolute atomic E-state index is 5.91. The molecule has 2 aromatic rings. The van der Waals surface area contributed by atoms with Gasteiger partial charge in [-0.05, 0) is 25.1 Å². The van der Waals surface area contributed by atoms with E-state index in [-0.39, 0.29) is 6.04 Å². The summed E-state index contributed by atoms with van der Waals surface area (Å²) in [5.74, 6) is 0.877. The quantitative estimate of drug-likeness (QED) is 0.783. The van der Waals surface area contributed by atoms with Gasteiger partial charge in [-0.2, -0.15) is 0 Å². The molecule has 0 bridgehead atoms. The smallest absolute Gasteiger partial charge is 0.126 e. The molecule has 1 aromatic heterocycles. The van der Waals surface area contributed by atoms with Crippen LogP contribution in [0.25, 0.3) is 11.0 Å². The third-order valence-corrected chi connectivity index (χ3v) is 2.52. The molecule has 1 aromatic carbocycles. The Hall–Kier alpha value is -1.06. The van der Waals surface area contributed by atoms with Gasteiger partial charge in [0.1, 0.15) is 5.82 Å². The highest BCUT2D eigenvalue weighted by Gasteiger charge is 2.10. The summed E-state index contributed by atoms with van der Waals surface area (Å²) < 4.78 is 1.98. The first-order chi connectivity index (χ1) is 6.59. The fraction of sp³-hybridized carbons (Fsp3) is 0.300. The van der Waals surface area contributed by atoms with E-state index < -0.39 is 0 Å². The van der Waals surface area contributed by atoms with Crippen molar-refractivity contribution in [3.63, 3.8) is 0 Å². The summed E-state index contributed by atoms with van der Waals surface area (Å²) in [4.78, 5) is 4.43. The summed E-state index contributed by atoms with van der Waals surface area (Å²) in [6.07, 6.45) is 0. The molecule has 74 valence electrons. The normalized spacial score (nSPS) is 13.4. The molecule has 1 heterocycles. The molecule has 0 spiro atoms. The summed E-state index contributed by atoms with van der Waals surface area (Å²) in [7, 11) is 1.95. The highest BCUT2D eigenvalue weighted by atomic mass is 35.5. The van der Waals surface area contributed by atoms with Crippen LogP contribution in [0, 0.1) is 0 Å². The predicted molar refractivity (Wildman–Crippen MR) is 58.3 cm³/mol. The molecule has 14 heavy (non-hydrogen) atoms. The first-order valence-corrected chi connectivity index (χ1v) is 4.85.